The molecular formula is C16H15BrClNOS. The van der Waals surface area contributed by atoms with Gasteiger partial charge in [-0.1, -0.05) is 24.6 Å². The molecule has 1 aromatic carbocycles. The van der Waals surface area contributed by atoms with Gasteiger partial charge < -0.3 is 4.90 Å². The maximum absolute atomic E-state index is 12.9. The standard InChI is InChI=1S/C16H15BrClNOS/c1-2-13-10-7-9-21-14(10)6-8-19(13)16(20)11-4-3-5-12(17)15(11)18/h3-5,7,9,13H,2,6,8H2,1H3. The average Bonchev–Trinajstić information content (AvgIpc) is 2.96. The Balaban J connectivity index is 1.97. The second kappa shape index (κ2) is 6.11. The monoisotopic (exact) mass is 383 g/mol. The Hall–Kier alpha value is -0.840. The summed E-state index contributed by atoms with van der Waals surface area (Å²) in [6.07, 6.45) is 1.85. The van der Waals surface area contributed by atoms with Crippen molar-refractivity contribution in [3.8, 4) is 0 Å². The lowest BCUT2D eigenvalue weighted by molar-refractivity contribution is 0.0657. The summed E-state index contributed by atoms with van der Waals surface area (Å²) in [6, 6.07) is 7.80. The number of hydrogen-bond donors (Lipinski definition) is 0. The van der Waals surface area contributed by atoms with Crippen molar-refractivity contribution in [2.24, 2.45) is 0 Å². The molecule has 0 radical (unpaired) electrons. The molecule has 2 nitrogen and oxygen atoms in total. The van der Waals surface area contributed by atoms with Gasteiger partial charge in [0, 0.05) is 15.9 Å². The number of benzene rings is 1. The average molecular weight is 385 g/mol. The van der Waals surface area contributed by atoms with E-state index in [2.05, 4.69) is 34.3 Å². The topological polar surface area (TPSA) is 20.3 Å². The molecule has 2 heterocycles. The van der Waals surface area contributed by atoms with Crippen LogP contribution in [0.25, 0.3) is 0 Å². The van der Waals surface area contributed by atoms with Gasteiger partial charge in [0.1, 0.15) is 0 Å². The predicted octanol–water partition coefficient (Wildman–Crippen LogP) is 5.31. The van der Waals surface area contributed by atoms with Gasteiger partial charge >= 0.3 is 0 Å². The lowest BCUT2D eigenvalue weighted by Crippen LogP contribution is -2.39. The van der Waals surface area contributed by atoms with Crippen molar-refractivity contribution in [1.29, 1.82) is 0 Å². The van der Waals surface area contributed by atoms with Gasteiger partial charge in [0.15, 0.2) is 0 Å². The fourth-order valence-electron chi connectivity index (χ4n) is 2.90. The van der Waals surface area contributed by atoms with Crippen LogP contribution in [-0.2, 0) is 6.42 Å². The van der Waals surface area contributed by atoms with E-state index in [1.807, 2.05) is 17.0 Å². The van der Waals surface area contributed by atoms with Gasteiger partial charge in [0.05, 0.1) is 16.6 Å². The highest BCUT2D eigenvalue weighted by Gasteiger charge is 2.31. The summed E-state index contributed by atoms with van der Waals surface area (Å²) in [4.78, 5) is 16.3. The van der Waals surface area contributed by atoms with Gasteiger partial charge in [-0.15, -0.1) is 11.3 Å². The Morgan fingerprint density at radius 1 is 1.48 bits per heavy atom. The summed E-state index contributed by atoms with van der Waals surface area (Å²) >= 11 is 11.5. The number of thiophene rings is 1. The first-order valence-electron chi connectivity index (χ1n) is 6.94. The second-order valence-corrected chi connectivity index (χ2v) is 7.31. The minimum Gasteiger partial charge on any atom is -0.331 e. The number of rotatable bonds is 2. The van der Waals surface area contributed by atoms with Crippen LogP contribution >= 0.6 is 38.9 Å². The Morgan fingerprint density at radius 3 is 3.05 bits per heavy atom. The Kier molecular flexibility index (Phi) is 4.38. The van der Waals surface area contributed by atoms with Crippen molar-refractivity contribution in [3.05, 3.63) is 55.1 Å². The number of nitrogens with zero attached hydrogens (tertiary/aromatic N) is 1. The summed E-state index contributed by atoms with van der Waals surface area (Å²) in [5, 5.41) is 2.61. The fourth-order valence-corrected chi connectivity index (χ4v) is 4.40. The van der Waals surface area contributed by atoms with Crippen LogP contribution in [0.1, 0.15) is 40.2 Å². The van der Waals surface area contributed by atoms with Gasteiger partial charge in [-0.05, 0) is 57.9 Å². The van der Waals surface area contributed by atoms with Crippen molar-refractivity contribution in [3.63, 3.8) is 0 Å². The summed E-state index contributed by atoms with van der Waals surface area (Å²) in [7, 11) is 0. The molecule has 3 rings (SSSR count). The van der Waals surface area contributed by atoms with Crippen LogP contribution < -0.4 is 0 Å². The van der Waals surface area contributed by atoms with Crippen LogP contribution in [0.2, 0.25) is 5.02 Å². The largest absolute Gasteiger partial charge is 0.331 e. The molecule has 0 saturated carbocycles. The van der Waals surface area contributed by atoms with Crippen LogP contribution in [0.15, 0.2) is 34.1 Å². The van der Waals surface area contributed by atoms with E-state index in [9.17, 15) is 4.79 Å². The minimum absolute atomic E-state index is 0.0185. The molecule has 0 spiro atoms. The normalized spacial score (nSPS) is 17.7. The molecule has 0 saturated heterocycles. The molecule has 1 aromatic heterocycles. The molecule has 0 aliphatic carbocycles. The van der Waals surface area contributed by atoms with E-state index in [1.165, 1.54) is 10.4 Å². The third-order valence-electron chi connectivity index (χ3n) is 3.92. The number of hydrogen-bond acceptors (Lipinski definition) is 2. The van der Waals surface area contributed by atoms with Crippen molar-refractivity contribution < 1.29 is 4.79 Å². The van der Waals surface area contributed by atoms with Gasteiger partial charge in [0.2, 0.25) is 0 Å². The molecule has 1 aliphatic rings. The van der Waals surface area contributed by atoms with E-state index in [-0.39, 0.29) is 11.9 Å². The van der Waals surface area contributed by atoms with Crippen LogP contribution in [0.3, 0.4) is 0 Å². The van der Waals surface area contributed by atoms with Crippen LogP contribution in [0.5, 0.6) is 0 Å². The first-order chi connectivity index (χ1) is 10.1. The zero-order valence-electron chi connectivity index (χ0n) is 11.6. The maximum atomic E-state index is 12.9. The van der Waals surface area contributed by atoms with E-state index in [0.717, 1.165) is 23.9 Å². The molecule has 0 N–H and O–H groups in total. The summed E-state index contributed by atoms with van der Waals surface area (Å²) in [5.74, 6) is 0.0185. The molecule has 0 bridgehead atoms. The summed E-state index contributed by atoms with van der Waals surface area (Å²) < 4.78 is 0.760. The smallest absolute Gasteiger partial charge is 0.255 e. The van der Waals surface area contributed by atoms with E-state index < -0.39 is 0 Å². The summed E-state index contributed by atoms with van der Waals surface area (Å²) in [5.41, 5.74) is 1.87. The van der Waals surface area contributed by atoms with Gasteiger partial charge in [-0.2, -0.15) is 0 Å². The first kappa shape index (κ1) is 15.1. The van der Waals surface area contributed by atoms with Gasteiger partial charge in [-0.3, -0.25) is 4.79 Å². The predicted molar refractivity (Wildman–Crippen MR) is 91.2 cm³/mol. The molecular weight excluding hydrogens is 370 g/mol. The first-order valence-corrected chi connectivity index (χ1v) is 8.99. The fraction of sp³-hybridized carbons (Fsp3) is 0.312. The van der Waals surface area contributed by atoms with Crippen molar-refractivity contribution in [2.45, 2.75) is 25.8 Å². The molecule has 2 aromatic rings. The molecule has 1 aliphatic heterocycles. The SMILES string of the molecule is CCC1c2ccsc2CCN1C(=O)c1cccc(Br)c1Cl. The minimum atomic E-state index is 0.0185. The zero-order chi connectivity index (χ0) is 15.0. The number of fused-ring (bicyclic) bond motifs is 1. The lowest BCUT2D eigenvalue weighted by Gasteiger charge is -2.35. The highest BCUT2D eigenvalue weighted by molar-refractivity contribution is 9.10. The number of amides is 1. The van der Waals surface area contributed by atoms with E-state index in [4.69, 9.17) is 11.6 Å². The molecule has 1 unspecified atom stereocenters. The zero-order valence-corrected chi connectivity index (χ0v) is 14.8. The van der Waals surface area contributed by atoms with Crippen LogP contribution in [-0.4, -0.2) is 17.4 Å². The van der Waals surface area contributed by atoms with Crippen molar-refractivity contribution in [1.82, 2.24) is 4.90 Å². The molecule has 1 atom stereocenters. The Labute approximate surface area is 141 Å². The maximum Gasteiger partial charge on any atom is 0.255 e. The number of carbonyl (C=O) groups is 1. The van der Waals surface area contributed by atoms with Crippen molar-refractivity contribution >= 4 is 44.8 Å². The second-order valence-electron chi connectivity index (χ2n) is 5.07. The van der Waals surface area contributed by atoms with Gasteiger partial charge in [0.25, 0.3) is 5.91 Å². The highest BCUT2D eigenvalue weighted by Crippen LogP contribution is 2.37. The Morgan fingerprint density at radius 2 is 2.29 bits per heavy atom. The molecule has 110 valence electrons. The third-order valence-corrected chi connectivity index (χ3v) is 6.22. The van der Waals surface area contributed by atoms with E-state index in [1.54, 1.807) is 17.4 Å². The molecule has 0 fully saturated rings. The third kappa shape index (κ3) is 2.65. The molecule has 5 heteroatoms. The van der Waals surface area contributed by atoms with E-state index >= 15 is 0 Å². The summed E-state index contributed by atoms with van der Waals surface area (Å²) in [6.45, 7) is 2.88. The van der Waals surface area contributed by atoms with Crippen LogP contribution in [0, 0.1) is 0 Å². The van der Waals surface area contributed by atoms with Crippen LogP contribution in [0.4, 0.5) is 0 Å². The van der Waals surface area contributed by atoms with E-state index in [0.29, 0.717) is 10.6 Å². The highest BCUT2D eigenvalue weighted by atomic mass is 79.9. The Bertz CT molecular complexity index is 685. The number of halogens is 2. The van der Waals surface area contributed by atoms with Crippen molar-refractivity contribution in [2.75, 3.05) is 6.54 Å². The quantitative estimate of drug-likeness (QED) is 0.687. The number of carbonyl (C=O) groups excluding carboxylic acids is 1. The lowest BCUT2D eigenvalue weighted by atomic mass is 9.97. The molecule has 1 amide bonds. The molecule has 21 heavy (non-hydrogen) atoms. The van der Waals surface area contributed by atoms with Gasteiger partial charge in [-0.25, -0.2) is 0 Å².